The second-order valence-corrected chi connectivity index (χ2v) is 8.75. The molecule has 0 radical (unpaired) electrons. The fourth-order valence-electron chi connectivity index (χ4n) is 3.79. The predicted octanol–water partition coefficient (Wildman–Crippen LogP) is 2.37. The fraction of sp³-hybridized carbons (Fsp3) is 0.778. The largest absolute Gasteiger partial charge is 0.351 e. The van der Waals surface area contributed by atoms with Crippen molar-refractivity contribution in [1.82, 2.24) is 20.0 Å². The van der Waals surface area contributed by atoms with E-state index in [9.17, 15) is 4.79 Å². The third kappa shape index (κ3) is 3.16. The van der Waals surface area contributed by atoms with Crippen molar-refractivity contribution in [2.75, 3.05) is 13.1 Å². The number of likely N-dealkylation sites (tertiary alicyclic amines) is 1. The van der Waals surface area contributed by atoms with Crippen LogP contribution in [0.5, 0.6) is 0 Å². The van der Waals surface area contributed by atoms with Crippen LogP contribution < -0.4 is 5.32 Å². The maximum atomic E-state index is 11.7. The molecule has 3 heterocycles. The van der Waals surface area contributed by atoms with Gasteiger partial charge in [-0.2, -0.15) is 5.10 Å². The van der Waals surface area contributed by atoms with E-state index in [1.54, 1.807) is 0 Å². The summed E-state index contributed by atoms with van der Waals surface area (Å²) in [5.41, 5.74) is 1.15. The fourth-order valence-corrected chi connectivity index (χ4v) is 3.79. The molecule has 23 heavy (non-hydrogen) atoms. The molecule has 2 saturated heterocycles. The normalized spacial score (nSPS) is 26.0. The molecule has 2 aliphatic heterocycles. The van der Waals surface area contributed by atoms with Crippen LogP contribution in [0.1, 0.15) is 53.0 Å². The summed E-state index contributed by atoms with van der Waals surface area (Å²) in [6.07, 6.45) is 6.50. The van der Waals surface area contributed by atoms with Crippen LogP contribution in [-0.2, 0) is 16.9 Å². The van der Waals surface area contributed by atoms with E-state index in [1.807, 2.05) is 10.9 Å². The van der Waals surface area contributed by atoms with Crippen LogP contribution in [0.15, 0.2) is 12.4 Å². The quantitative estimate of drug-likeness (QED) is 0.871. The van der Waals surface area contributed by atoms with Crippen LogP contribution in [0.3, 0.4) is 0 Å². The Kier molecular flexibility index (Phi) is 4.03. The van der Waals surface area contributed by atoms with Crippen molar-refractivity contribution < 1.29 is 4.79 Å². The summed E-state index contributed by atoms with van der Waals surface area (Å²) in [5.74, 6) is 0.829. The molecule has 3 rings (SSSR count). The number of carbonyl (C=O) groups is 1. The molecule has 5 nitrogen and oxygen atoms in total. The van der Waals surface area contributed by atoms with Gasteiger partial charge in [0.2, 0.25) is 5.91 Å². The van der Waals surface area contributed by atoms with Crippen LogP contribution in [0.2, 0.25) is 0 Å². The van der Waals surface area contributed by atoms with E-state index in [2.05, 4.69) is 56.1 Å². The summed E-state index contributed by atoms with van der Waals surface area (Å²) in [6.45, 7) is 13.8. The molecule has 1 unspecified atom stereocenters. The van der Waals surface area contributed by atoms with Crippen LogP contribution in [0.4, 0.5) is 0 Å². The average Bonchev–Trinajstić information content (AvgIpc) is 2.94. The molecule has 5 heteroatoms. The first kappa shape index (κ1) is 16.5. The second kappa shape index (κ2) is 5.62. The Hall–Kier alpha value is -1.36. The van der Waals surface area contributed by atoms with Gasteiger partial charge in [0, 0.05) is 24.3 Å². The van der Waals surface area contributed by atoms with Gasteiger partial charge in [-0.25, -0.2) is 0 Å². The van der Waals surface area contributed by atoms with E-state index in [1.165, 1.54) is 18.4 Å². The standard InChI is InChI=1S/C18H30N4O/c1-17(2,3)22-12-13(10-19-22)11-21-8-6-14(7-9-21)15-18(4,5)16(23)20-15/h10,12,14-15H,6-9,11H2,1-5H3,(H,20,23). The number of piperidine rings is 1. The highest BCUT2D eigenvalue weighted by Crippen LogP contribution is 2.38. The van der Waals surface area contributed by atoms with Gasteiger partial charge < -0.3 is 5.32 Å². The highest BCUT2D eigenvalue weighted by atomic mass is 16.2. The van der Waals surface area contributed by atoms with Gasteiger partial charge in [-0.3, -0.25) is 14.4 Å². The summed E-state index contributed by atoms with van der Waals surface area (Å²) in [4.78, 5) is 14.2. The van der Waals surface area contributed by atoms with Crippen molar-refractivity contribution in [2.45, 2.75) is 65.6 Å². The molecule has 1 N–H and O–H groups in total. The number of aromatic nitrogens is 2. The number of rotatable bonds is 3. The Morgan fingerprint density at radius 2 is 1.96 bits per heavy atom. The van der Waals surface area contributed by atoms with E-state index >= 15 is 0 Å². The van der Waals surface area contributed by atoms with E-state index < -0.39 is 0 Å². The second-order valence-electron chi connectivity index (χ2n) is 8.75. The van der Waals surface area contributed by atoms with Crippen molar-refractivity contribution in [3.8, 4) is 0 Å². The van der Waals surface area contributed by atoms with Crippen molar-refractivity contribution >= 4 is 5.91 Å². The maximum absolute atomic E-state index is 11.7. The molecule has 0 saturated carbocycles. The lowest BCUT2D eigenvalue weighted by Gasteiger charge is -2.50. The number of hydrogen-bond donors (Lipinski definition) is 1. The lowest BCUT2D eigenvalue weighted by Crippen LogP contribution is -2.67. The van der Waals surface area contributed by atoms with Crippen LogP contribution in [-0.4, -0.2) is 39.7 Å². The maximum Gasteiger partial charge on any atom is 0.228 e. The van der Waals surface area contributed by atoms with E-state index in [-0.39, 0.29) is 16.9 Å². The Morgan fingerprint density at radius 1 is 1.30 bits per heavy atom. The van der Waals surface area contributed by atoms with Crippen molar-refractivity contribution in [3.05, 3.63) is 18.0 Å². The topological polar surface area (TPSA) is 50.2 Å². The minimum Gasteiger partial charge on any atom is -0.351 e. The molecule has 1 amide bonds. The zero-order valence-corrected chi connectivity index (χ0v) is 15.1. The Morgan fingerprint density at radius 3 is 2.43 bits per heavy atom. The van der Waals surface area contributed by atoms with Gasteiger partial charge >= 0.3 is 0 Å². The summed E-state index contributed by atoms with van der Waals surface area (Å²) >= 11 is 0. The minimum atomic E-state index is -0.180. The van der Waals surface area contributed by atoms with Gasteiger partial charge in [0.05, 0.1) is 17.2 Å². The zero-order valence-electron chi connectivity index (χ0n) is 15.1. The number of β-lactam (4-membered cyclic amide) rings is 1. The number of carbonyl (C=O) groups excluding carboxylic acids is 1. The number of amides is 1. The van der Waals surface area contributed by atoms with Crippen molar-refractivity contribution in [3.63, 3.8) is 0 Å². The first-order valence-corrected chi connectivity index (χ1v) is 8.75. The van der Waals surface area contributed by atoms with Gasteiger partial charge in [0.15, 0.2) is 0 Å². The van der Waals surface area contributed by atoms with Gasteiger partial charge in [-0.1, -0.05) is 0 Å². The molecule has 0 aliphatic carbocycles. The smallest absolute Gasteiger partial charge is 0.228 e. The Bertz CT molecular complexity index is 576. The summed E-state index contributed by atoms with van der Waals surface area (Å²) in [6, 6.07) is 0.362. The minimum absolute atomic E-state index is 0.0409. The molecule has 1 aromatic rings. The predicted molar refractivity (Wildman–Crippen MR) is 90.9 cm³/mol. The molecule has 1 atom stereocenters. The zero-order chi connectivity index (χ0) is 16.8. The Balaban J connectivity index is 1.52. The Labute approximate surface area is 139 Å². The van der Waals surface area contributed by atoms with E-state index in [4.69, 9.17) is 0 Å². The third-order valence-corrected chi connectivity index (χ3v) is 5.48. The van der Waals surface area contributed by atoms with Gasteiger partial charge in [0.1, 0.15) is 0 Å². The number of hydrogen-bond acceptors (Lipinski definition) is 3. The number of nitrogens with zero attached hydrogens (tertiary/aromatic N) is 3. The molecule has 2 aliphatic rings. The SMILES string of the molecule is CC1(C)C(=O)NC1C1CCN(Cc2cnn(C(C)(C)C)c2)CC1. The molecule has 1 aromatic heterocycles. The van der Waals surface area contributed by atoms with Crippen LogP contribution in [0.25, 0.3) is 0 Å². The molecular weight excluding hydrogens is 288 g/mol. The molecule has 0 bridgehead atoms. The number of nitrogens with one attached hydrogen (secondary N) is 1. The van der Waals surface area contributed by atoms with Gasteiger partial charge in [-0.15, -0.1) is 0 Å². The van der Waals surface area contributed by atoms with E-state index in [0.29, 0.717) is 12.0 Å². The summed E-state index contributed by atoms with van der Waals surface area (Å²) < 4.78 is 2.04. The lowest BCUT2D eigenvalue weighted by molar-refractivity contribution is -0.146. The van der Waals surface area contributed by atoms with Gasteiger partial charge in [-0.05, 0) is 66.5 Å². The lowest BCUT2D eigenvalue weighted by atomic mass is 9.68. The molecule has 0 spiro atoms. The molecule has 0 aromatic carbocycles. The first-order valence-electron chi connectivity index (χ1n) is 8.75. The summed E-state index contributed by atoms with van der Waals surface area (Å²) in [5, 5.41) is 7.60. The van der Waals surface area contributed by atoms with E-state index in [0.717, 1.165) is 19.6 Å². The van der Waals surface area contributed by atoms with Crippen molar-refractivity contribution in [1.29, 1.82) is 0 Å². The third-order valence-electron chi connectivity index (χ3n) is 5.48. The molecule has 128 valence electrons. The highest BCUT2D eigenvalue weighted by molar-refractivity contribution is 5.89. The van der Waals surface area contributed by atoms with Crippen LogP contribution >= 0.6 is 0 Å². The van der Waals surface area contributed by atoms with Crippen molar-refractivity contribution in [2.24, 2.45) is 11.3 Å². The monoisotopic (exact) mass is 318 g/mol. The highest BCUT2D eigenvalue weighted by Gasteiger charge is 2.50. The van der Waals surface area contributed by atoms with Crippen LogP contribution in [0, 0.1) is 11.3 Å². The molecular formula is C18H30N4O. The van der Waals surface area contributed by atoms with Gasteiger partial charge in [0.25, 0.3) is 0 Å². The average molecular weight is 318 g/mol. The first-order chi connectivity index (χ1) is 10.7. The summed E-state index contributed by atoms with van der Waals surface area (Å²) in [7, 11) is 0. The molecule has 2 fully saturated rings.